The van der Waals surface area contributed by atoms with Crippen molar-refractivity contribution in [1.29, 1.82) is 0 Å². The Bertz CT molecular complexity index is 1280. The SMILES string of the molecule is CN(Cc1sc(NC(=O)c2cnc(N3CCC(C(=O)O)CC3)c(Cl)c2)nc1-c1cc(Cl)cs1)C1CC1. The van der Waals surface area contributed by atoms with Gasteiger partial charge in [-0.15, -0.1) is 11.3 Å². The molecule has 0 aromatic carbocycles. The summed E-state index contributed by atoms with van der Waals surface area (Å²) in [6.07, 6.45) is 4.99. The van der Waals surface area contributed by atoms with Crippen molar-refractivity contribution in [3.8, 4) is 10.6 Å². The molecule has 2 fully saturated rings. The monoisotopic (exact) mass is 565 g/mol. The lowest BCUT2D eigenvalue weighted by Crippen LogP contribution is -2.37. The van der Waals surface area contributed by atoms with E-state index in [0.29, 0.717) is 58.5 Å². The predicted octanol–water partition coefficient (Wildman–Crippen LogP) is 5.72. The number of carboxylic acid groups (broad SMARTS) is 1. The minimum Gasteiger partial charge on any atom is -0.481 e. The van der Waals surface area contributed by atoms with Crippen LogP contribution in [-0.4, -0.2) is 58.0 Å². The molecule has 2 aliphatic rings. The number of amides is 1. The molecule has 1 saturated carbocycles. The van der Waals surface area contributed by atoms with Crippen molar-refractivity contribution in [2.24, 2.45) is 5.92 Å². The van der Waals surface area contributed by atoms with Crippen molar-refractivity contribution in [3.63, 3.8) is 0 Å². The van der Waals surface area contributed by atoms with Crippen LogP contribution in [0, 0.1) is 5.92 Å². The Hall–Kier alpha value is -2.24. The lowest BCUT2D eigenvalue weighted by molar-refractivity contribution is -0.142. The molecule has 12 heteroatoms. The second-order valence-electron chi connectivity index (χ2n) is 9.15. The molecule has 8 nitrogen and oxygen atoms in total. The van der Waals surface area contributed by atoms with E-state index in [9.17, 15) is 14.7 Å². The third kappa shape index (κ3) is 5.68. The van der Waals surface area contributed by atoms with Crippen LogP contribution < -0.4 is 10.2 Å². The van der Waals surface area contributed by atoms with E-state index in [4.69, 9.17) is 28.2 Å². The molecule has 0 radical (unpaired) electrons. The zero-order chi connectivity index (χ0) is 25.4. The second kappa shape index (κ2) is 10.6. The van der Waals surface area contributed by atoms with Gasteiger partial charge < -0.3 is 10.0 Å². The number of thiophene rings is 1. The number of aromatic nitrogens is 2. The first-order valence-corrected chi connectivity index (χ1v) is 14.1. The van der Waals surface area contributed by atoms with Gasteiger partial charge in [0.05, 0.1) is 32.1 Å². The quantitative estimate of drug-likeness (QED) is 0.360. The molecule has 36 heavy (non-hydrogen) atoms. The van der Waals surface area contributed by atoms with Crippen molar-refractivity contribution < 1.29 is 14.7 Å². The average Bonchev–Trinajstić information content (AvgIpc) is 3.52. The zero-order valence-electron chi connectivity index (χ0n) is 19.5. The predicted molar refractivity (Wildman–Crippen MR) is 145 cm³/mol. The summed E-state index contributed by atoms with van der Waals surface area (Å²) in [5.41, 5.74) is 1.17. The Morgan fingerprint density at radius 3 is 2.58 bits per heavy atom. The van der Waals surface area contributed by atoms with Gasteiger partial charge in [0.2, 0.25) is 0 Å². The highest BCUT2D eigenvalue weighted by Crippen LogP contribution is 2.38. The van der Waals surface area contributed by atoms with Crippen LogP contribution in [0.25, 0.3) is 10.6 Å². The Labute approximate surface area is 226 Å². The van der Waals surface area contributed by atoms with Gasteiger partial charge in [0.1, 0.15) is 5.82 Å². The van der Waals surface area contributed by atoms with Crippen LogP contribution in [0.2, 0.25) is 10.0 Å². The number of carbonyl (C=O) groups is 2. The Morgan fingerprint density at radius 1 is 1.22 bits per heavy atom. The smallest absolute Gasteiger partial charge is 0.306 e. The summed E-state index contributed by atoms with van der Waals surface area (Å²) >= 11 is 15.6. The van der Waals surface area contributed by atoms with E-state index in [2.05, 4.69) is 22.2 Å². The number of nitrogens with zero attached hydrogens (tertiary/aromatic N) is 4. The minimum absolute atomic E-state index is 0.330. The van der Waals surface area contributed by atoms with Crippen LogP contribution in [0.1, 0.15) is 40.9 Å². The highest BCUT2D eigenvalue weighted by molar-refractivity contribution is 7.17. The molecule has 4 heterocycles. The zero-order valence-corrected chi connectivity index (χ0v) is 22.7. The van der Waals surface area contributed by atoms with Crippen LogP contribution in [0.15, 0.2) is 23.7 Å². The van der Waals surface area contributed by atoms with E-state index < -0.39 is 5.97 Å². The molecule has 1 saturated heterocycles. The fraction of sp³-hybridized carbons (Fsp3) is 0.417. The summed E-state index contributed by atoms with van der Waals surface area (Å²) in [6, 6.07) is 4.10. The molecule has 1 aliphatic heterocycles. The standard InChI is InChI=1S/C24H25Cl2N5O3S2/c1-30(16-2-3-16)11-19-20(18-9-15(25)12-35-18)28-24(36-19)29-22(32)14-8-17(26)21(27-10-14)31-6-4-13(5-7-31)23(33)34/h8-10,12-13,16H,2-7,11H2,1H3,(H,33,34)(H,28,29,32). The van der Waals surface area contributed by atoms with Gasteiger partial charge in [-0.3, -0.25) is 19.8 Å². The van der Waals surface area contributed by atoms with Gasteiger partial charge in [-0.25, -0.2) is 9.97 Å². The number of rotatable bonds is 8. The van der Waals surface area contributed by atoms with Crippen LogP contribution >= 0.6 is 45.9 Å². The van der Waals surface area contributed by atoms with E-state index >= 15 is 0 Å². The third-order valence-corrected chi connectivity index (χ3v) is 9.03. The number of pyridine rings is 1. The molecule has 0 bridgehead atoms. The number of hydrogen-bond acceptors (Lipinski definition) is 8. The first-order valence-electron chi connectivity index (χ1n) is 11.7. The fourth-order valence-electron chi connectivity index (χ4n) is 4.31. The van der Waals surface area contributed by atoms with Gasteiger partial charge in [0.15, 0.2) is 5.13 Å². The number of halogens is 2. The molecular weight excluding hydrogens is 541 g/mol. The van der Waals surface area contributed by atoms with E-state index in [1.165, 1.54) is 41.7 Å². The summed E-state index contributed by atoms with van der Waals surface area (Å²) in [5.74, 6) is -0.885. The molecular formula is C24H25Cl2N5O3S2. The van der Waals surface area contributed by atoms with Gasteiger partial charge in [-0.2, -0.15) is 0 Å². The number of nitrogens with one attached hydrogen (secondary N) is 1. The molecule has 5 rings (SSSR count). The molecule has 0 spiro atoms. The molecule has 1 amide bonds. The number of aliphatic carboxylic acids is 1. The second-order valence-corrected chi connectivity index (χ2v) is 12.0. The minimum atomic E-state index is -0.768. The number of carbonyl (C=O) groups excluding carboxylic acids is 1. The highest BCUT2D eigenvalue weighted by Gasteiger charge is 2.29. The lowest BCUT2D eigenvalue weighted by atomic mass is 9.97. The molecule has 190 valence electrons. The maximum Gasteiger partial charge on any atom is 0.306 e. The Kier molecular flexibility index (Phi) is 7.50. The number of carboxylic acids is 1. The van der Waals surface area contributed by atoms with Gasteiger partial charge in [-0.05, 0) is 44.9 Å². The molecule has 0 unspecified atom stereocenters. The number of anilines is 2. The van der Waals surface area contributed by atoms with Crippen LogP contribution in [0.5, 0.6) is 0 Å². The van der Waals surface area contributed by atoms with Crippen LogP contribution in [0.4, 0.5) is 10.9 Å². The number of piperidine rings is 1. The average molecular weight is 567 g/mol. The maximum atomic E-state index is 13.0. The van der Waals surface area contributed by atoms with E-state index in [1.807, 2.05) is 16.3 Å². The van der Waals surface area contributed by atoms with Crippen molar-refractivity contribution >= 4 is 68.7 Å². The van der Waals surface area contributed by atoms with Crippen molar-refractivity contribution in [3.05, 3.63) is 44.2 Å². The molecule has 3 aromatic heterocycles. The van der Waals surface area contributed by atoms with Gasteiger partial charge in [-0.1, -0.05) is 34.5 Å². The third-order valence-electron chi connectivity index (χ3n) is 6.51. The van der Waals surface area contributed by atoms with E-state index in [1.54, 1.807) is 6.07 Å². The van der Waals surface area contributed by atoms with Crippen molar-refractivity contribution in [2.75, 3.05) is 30.4 Å². The van der Waals surface area contributed by atoms with Gasteiger partial charge in [0.25, 0.3) is 5.91 Å². The summed E-state index contributed by atoms with van der Waals surface area (Å²) < 4.78 is 0. The van der Waals surface area contributed by atoms with Gasteiger partial charge >= 0.3 is 5.97 Å². The van der Waals surface area contributed by atoms with Crippen LogP contribution in [0.3, 0.4) is 0 Å². The maximum absolute atomic E-state index is 13.0. The van der Waals surface area contributed by atoms with Crippen molar-refractivity contribution in [2.45, 2.75) is 38.3 Å². The summed E-state index contributed by atoms with van der Waals surface area (Å²) in [7, 11) is 2.11. The lowest BCUT2D eigenvalue weighted by Gasteiger charge is -2.31. The summed E-state index contributed by atoms with van der Waals surface area (Å²) in [5, 5.41) is 15.5. The summed E-state index contributed by atoms with van der Waals surface area (Å²) in [4.78, 5) is 39.7. The normalized spacial score (nSPS) is 16.5. The Balaban J connectivity index is 1.31. The number of hydrogen-bond donors (Lipinski definition) is 2. The molecule has 0 atom stereocenters. The fourth-order valence-corrected chi connectivity index (χ4v) is 6.78. The van der Waals surface area contributed by atoms with Crippen molar-refractivity contribution in [1.82, 2.24) is 14.9 Å². The van der Waals surface area contributed by atoms with Gasteiger partial charge in [0, 0.05) is 42.1 Å². The highest BCUT2D eigenvalue weighted by atomic mass is 35.5. The first-order chi connectivity index (χ1) is 17.3. The molecule has 1 aliphatic carbocycles. The van der Waals surface area contributed by atoms with E-state index in [0.717, 1.165) is 22.0 Å². The Morgan fingerprint density at radius 2 is 1.97 bits per heavy atom. The van der Waals surface area contributed by atoms with E-state index in [-0.39, 0.29) is 11.8 Å². The summed E-state index contributed by atoms with van der Waals surface area (Å²) in [6.45, 7) is 1.87. The molecule has 2 N–H and O–H groups in total. The molecule has 3 aromatic rings. The number of thiazole rings is 1. The largest absolute Gasteiger partial charge is 0.481 e. The van der Waals surface area contributed by atoms with Crippen LogP contribution in [-0.2, 0) is 11.3 Å². The first kappa shape index (κ1) is 25.4. The topological polar surface area (TPSA) is 98.7 Å².